The van der Waals surface area contributed by atoms with Crippen LogP contribution in [0.1, 0.15) is 60.8 Å². The molecule has 0 radical (unpaired) electrons. The molecule has 0 spiro atoms. The number of esters is 4. The molecule has 10 nitrogen and oxygen atoms in total. The highest BCUT2D eigenvalue weighted by molar-refractivity contribution is 5.91. The molecular formula is C26H36O10. The van der Waals surface area contributed by atoms with Gasteiger partial charge in [0.15, 0.2) is 0 Å². The Morgan fingerprint density at radius 1 is 1.03 bits per heavy atom. The zero-order valence-electron chi connectivity index (χ0n) is 21.6. The molecule has 2 aliphatic rings. The summed E-state index contributed by atoms with van der Waals surface area (Å²) in [6.45, 7) is 12.2. The number of aliphatic hydroxyl groups is 2. The van der Waals surface area contributed by atoms with Crippen molar-refractivity contribution in [2.75, 3.05) is 0 Å². The van der Waals surface area contributed by atoms with Crippen LogP contribution in [0.15, 0.2) is 35.5 Å². The lowest BCUT2D eigenvalue weighted by Crippen LogP contribution is -2.58. The summed E-state index contributed by atoms with van der Waals surface area (Å²) in [6, 6.07) is 0. The van der Waals surface area contributed by atoms with Crippen molar-refractivity contribution in [3.63, 3.8) is 0 Å². The predicted octanol–water partition coefficient (Wildman–Crippen LogP) is 2.07. The SMILES string of the molecule is C=C1C(=O)OC2C1C(OC(C)=O)CC(C)=CCC(OC(C)=O)C(C)=CCC(OC(C)=O)C(C)(O)C2O. The Bertz CT molecular complexity index is 960. The van der Waals surface area contributed by atoms with Crippen molar-refractivity contribution in [2.45, 2.75) is 96.9 Å². The van der Waals surface area contributed by atoms with Crippen LogP contribution in [0.2, 0.25) is 0 Å². The number of hydrogen-bond acceptors (Lipinski definition) is 10. The van der Waals surface area contributed by atoms with Crippen molar-refractivity contribution in [3.8, 4) is 0 Å². The number of aliphatic hydroxyl groups excluding tert-OH is 1. The van der Waals surface area contributed by atoms with Crippen LogP contribution in [0.5, 0.6) is 0 Å². The molecule has 0 aromatic heterocycles. The van der Waals surface area contributed by atoms with E-state index in [-0.39, 0.29) is 18.4 Å². The van der Waals surface area contributed by atoms with Crippen molar-refractivity contribution in [2.24, 2.45) is 5.92 Å². The smallest absolute Gasteiger partial charge is 0.334 e. The molecule has 7 unspecified atom stereocenters. The molecule has 36 heavy (non-hydrogen) atoms. The van der Waals surface area contributed by atoms with Crippen LogP contribution in [0.25, 0.3) is 0 Å². The molecule has 0 amide bonds. The maximum atomic E-state index is 12.5. The van der Waals surface area contributed by atoms with Gasteiger partial charge in [-0.3, -0.25) is 14.4 Å². The average molecular weight is 509 g/mol. The Balaban J connectivity index is 2.65. The fraction of sp³-hybridized carbons (Fsp3) is 0.615. The van der Waals surface area contributed by atoms with E-state index in [1.54, 1.807) is 19.9 Å². The minimum Gasteiger partial charge on any atom is -0.461 e. The van der Waals surface area contributed by atoms with Crippen molar-refractivity contribution in [1.82, 2.24) is 0 Å². The van der Waals surface area contributed by atoms with Crippen LogP contribution < -0.4 is 0 Å². The molecule has 0 bridgehead atoms. The number of hydrogen-bond donors (Lipinski definition) is 2. The van der Waals surface area contributed by atoms with Crippen LogP contribution in [0, 0.1) is 5.92 Å². The third-order valence-corrected chi connectivity index (χ3v) is 6.52. The number of fused-ring (bicyclic) bond motifs is 1. The topological polar surface area (TPSA) is 146 Å². The normalized spacial score (nSPS) is 33.8. The van der Waals surface area contributed by atoms with Gasteiger partial charge in [-0.05, 0) is 26.3 Å². The van der Waals surface area contributed by atoms with E-state index in [9.17, 15) is 29.4 Å². The summed E-state index contributed by atoms with van der Waals surface area (Å²) in [5, 5.41) is 22.7. The van der Waals surface area contributed by atoms with Gasteiger partial charge in [-0.15, -0.1) is 0 Å². The van der Waals surface area contributed by atoms with Crippen LogP contribution in [-0.2, 0) is 38.1 Å². The summed E-state index contributed by atoms with van der Waals surface area (Å²) in [5.74, 6) is -3.57. The molecule has 0 saturated carbocycles. The second-order valence-electron chi connectivity index (χ2n) is 9.61. The molecule has 1 heterocycles. The zero-order valence-corrected chi connectivity index (χ0v) is 21.6. The highest BCUT2D eigenvalue weighted by Gasteiger charge is 2.55. The van der Waals surface area contributed by atoms with Crippen molar-refractivity contribution < 1.29 is 48.3 Å². The minimum absolute atomic E-state index is 0.0152. The van der Waals surface area contributed by atoms with Gasteiger partial charge < -0.3 is 29.2 Å². The summed E-state index contributed by atoms with van der Waals surface area (Å²) in [7, 11) is 0. The Morgan fingerprint density at radius 2 is 1.61 bits per heavy atom. The third-order valence-electron chi connectivity index (χ3n) is 6.52. The largest absolute Gasteiger partial charge is 0.461 e. The van der Waals surface area contributed by atoms with Crippen molar-refractivity contribution in [3.05, 3.63) is 35.5 Å². The maximum Gasteiger partial charge on any atom is 0.334 e. The lowest BCUT2D eigenvalue weighted by molar-refractivity contribution is -0.199. The van der Waals surface area contributed by atoms with Gasteiger partial charge in [-0.25, -0.2) is 4.79 Å². The molecule has 2 rings (SSSR count). The molecule has 0 aromatic carbocycles. The minimum atomic E-state index is -2.09. The molecule has 7 atom stereocenters. The molecular weight excluding hydrogens is 472 g/mol. The molecule has 1 fully saturated rings. The second-order valence-corrected chi connectivity index (χ2v) is 9.61. The average Bonchev–Trinajstić information content (AvgIpc) is 3.05. The fourth-order valence-corrected chi connectivity index (χ4v) is 4.55. The lowest BCUT2D eigenvalue weighted by Gasteiger charge is -2.40. The van der Waals surface area contributed by atoms with E-state index in [4.69, 9.17) is 18.9 Å². The van der Waals surface area contributed by atoms with Crippen LogP contribution in [0.4, 0.5) is 0 Å². The van der Waals surface area contributed by atoms with Gasteiger partial charge in [0.2, 0.25) is 0 Å². The summed E-state index contributed by atoms with van der Waals surface area (Å²) in [5.41, 5.74) is -0.696. The molecule has 200 valence electrons. The third kappa shape index (κ3) is 7.04. The molecule has 1 saturated heterocycles. The Kier molecular flexibility index (Phi) is 9.62. The number of ether oxygens (including phenoxy) is 4. The number of rotatable bonds is 3. The van der Waals surface area contributed by atoms with E-state index in [0.717, 1.165) is 12.5 Å². The van der Waals surface area contributed by atoms with E-state index in [1.807, 2.05) is 6.08 Å². The van der Waals surface area contributed by atoms with Gasteiger partial charge >= 0.3 is 23.9 Å². The quantitative estimate of drug-likeness (QED) is 0.251. The van der Waals surface area contributed by atoms with E-state index >= 15 is 0 Å². The Morgan fingerprint density at radius 3 is 2.17 bits per heavy atom. The first-order valence-corrected chi connectivity index (χ1v) is 11.8. The first-order chi connectivity index (χ1) is 16.6. The van der Waals surface area contributed by atoms with Gasteiger partial charge in [0.25, 0.3) is 0 Å². The summed E-state index contributed by atoms with van der Waals surface area (Å²) >= 11 is 0. The molecule has 10 heteroatoms. The molecule has 0 aromatic rings. The van der Waals surface area contributed by atoms with Crippen molar-refractivity contribution >= 4 is 23.9 Å². The molecule has 1 aliphatic heterocycles. The van der Waals surface area contributed by atoms with E-state index < -0.39 is 65.9 Å². The van der Waals surface area contributed by atoms with Gasteiger partial charge in [-0.2, -0.15) is 0 Å². The Hall–Kier alpha value is -2.98. The van der Waals surface area contributed by atoms with Crippen LogP contribution in [-0.4, -0.2) is 70.2 Å². The monoisotopic (exact) mass is 508 g/mol. The van der Waals surface area contributed by atoms with Gasteiger partial charge in [-0.1, -0.05) is 24.3 Å². The standard InChI is InChI=1S/C26H36O10/c1-13-8-10-19(33-16(4)27)14(2)9-11-21(35-18(6)29)26(7,32)24(30)23-22(15(3)25(31)36-23)20(12-13)34-17(5)28/h8-9,19-24,30,32H,3,10-12H2,1-2,4-7H3. The van der Waals surface area contributed by atoms with E-state index in [1.165, 1.54) is 20.8 Å². The highest BCUT2D eigenvalue weighted by Crippen LogP contribution is 2.39. The maximum absolute atomic E-state index is 12.5. The fourth-order valence-electron chi connectivity index (χ4n) is 4.55. The first kappa shape index (κ1) is 29.3. The van der Waals surface area contributed by atoms with Crippen molar-refractivity contribution in [1.29, 1.82) is 0 Å². The van der Waals surface area contributed by atoms with Gasteiger partial charge in [0.05, 0.1) is 5.92 Å². The summed E-state index contributed by atoms with van der Waals surface area (Å²) < 4.78 is 21.7. The number of carbonyl (C=O) groups excluding carboxylic acids is 4. The lowest BCUT2D eigenvalue weighted by atomic mass is 9.78. The Labute approximate surface area is 210 Å². The van der Waals surface area contributed by atoms with E-state index in [0.29, 0.717) is 12.0 Å². The molecule has 1 aliphatic carbocycles. The number of carbonyl (C=O) groups is 4. The first-order valence-electron chi connectivity index (χ1n) is 11.8. The zero-order chi connectivity index (χ0) is 27.4. The molecule has 2 N–H and O–H groups in total. The van der Waals surface area contributed by atoms with Crippen LogP contribution >= 0.6 is 0 Å². The van der Waals surface area contributed by atoms with Gasteiger partial charge in [0, 0.05) is 45.6 Å². The highest BCUT2D eigenvalue weighted by atomic mass is 16.6. The van der Waals surface area contributed by atoms with Crippen LogP contribution in [0.3, 0.4) is 0 Å². The summed E-state index contributed by atoms with van der Waals surface area (Å²) in [4.78, 5) is 48.0. The predicted molar refractivity (Wildman–Crippen MR) is 127 cm³/mol. The van der Waals surface area contributed by atoms with Gasteiger partial charge in [0.1, 0.15) is 36.1 Å². The summed E-state index contributed by atoms with van der Waals surface area (Å²) in [6.07, 6.45) is -1.97. The second kappa shape index (κ2) is 11.8. The van der Waals surface area contributed by atoms with E-state index in [2.05, 4.69) is 6.58 Å².